The monoisotopic (exact) mass is 546 g/mol. The molecular formula is C32H50O3S2. The van der Waals surface area contributed by atoms with Crippen LogP contribution in [0.2, 0.25) is 0 Å². The molecule has 0 atom stereocenters. The topological polar surface area (TPSA) is 57.5 Å². The fourth-order valence-corrected chi connectivity index (χ4v) is 7.42. The molecule has 5 heteroatoms. The van der Waals surface area contributed by atoms with Gasteiger partial charge in [0.05, 0.1) is 5.41 Å². The fourth-order valence-electron chi connectivity index (χ4n) is 4.60. The smallest absolute Gasteiger partial charge is 0.309 e. The van der Waals surface area contributed by atoms with Gasteiger partial charge in [-0.1, -0.05) is 102 Å². The van der Waals surface area contributed by atoms with Crippen LogP contribution in [0.5, 0.6) is 0 Å². The summed E-state index contributed by atoms with van der Waals surface area (Å²) in [4.78, 5) is 16.8. The molecule has 0 aliphatic carbocycles. The molecule has 2 aliphatic rings. The lowest BCUT2D eigenvalue weighted by Gasteiger charge is -2.26. The first-order valence-electron chi connectivity index (χ1n) is 13.8. The van der Waals surface area contributed by atoms with Crippen LogP contribution in [-0.2, 0) is 4.79 Å². The summed E-state index contributed by atoms with van der Waals surface area (Å²) in [6, 6.07) is 0. The van der Waals surface area contributed by atoms with Crippen molar-refractivity contribution in [1.82, 2.24) is 0 Å². The average Bonchev–Trinajstić information content (AvgIpc) is 2.76. The number of hydrogen-bond donors (Lipinski definition) is 2. The van der Waals surface area contributed by atoms with Gasteiger partial charge >= 0.3 is 5.97 Å². The van der Waals surface area contributed by atoms with Crippen LogP contribution >= 0.6 is 23.5 Å². The van der Waals surface area contributed by atoms with E-state index in [0.717, 1.165) is 44.9 Å². The SMILES string of the molecule is CC1(C)C=C(C=CC2=CC(C)(C)C=C(CCCCC(C)(C)C(=O)O)S2)SC(CCCCC(C)(C)CO)=C1. The summed E-state index contributed by atoms with van der Waals surface area (Å²) >= 11 is 3.75. The molecule has 2 rings (SSSR count). The zero-order chi connectivity index (χ0) is 27.9. The largest absolute Gasteiger partial charge is 0.481 e. The van der Waals surface area contributed by atoms with Crippen molar-refractivity contribution in [1.29, 1.82) is 0 Å². The van der Waals surface area contributed by atoms with Crippen molar-refractivity contribution >= 4 is 29.5 Å². The van der Waals surface area contributed by atoms with E-state index in [9.17, 15) is 15.0 Å². The number of hydrogen-bond acceptors (Lipinski definition) is 4. The first-order chi connectivity index (χ1) is 17.0. The van der Waals surface area contributed by atoms with Gasteiger partial charge in [0, 0.05) is 27.2 Å². The molecule has 3 nitrogen and oxygen atoms in total. The first-order valence-corrected chi connectivity index (χ1v) is 15.4. The van der Waals surface area contributed by atoms with E-state index in [2.05, 4.69) is 78.0 Å². The Balaban J connectivity index is 1.94. The highest BCUT2D eigenvalue weighted by molar-refractivity contribution is 8.07. The third-order valence-corrected chi connectivity index (χ3v) is 9.16. The van der Waals surface area contributed by atoms with Gasteiger partial charge in [0.2, 0.25) is 0 Å². The lowest BCUT2D eigenvalue weighted by Crippen LogP contribution is -2.23. The number of aliphatic hydroxyl groups is 1. The van der Waals surface area contributed by atoms with E-state index < -0.39 is 11.4 Å². The third kappa shape index (κ3) is 11.6. The lowest BCUT2D eigenvalue weighted by molar-refractivity contribution is -0.147. The van der Waals surface area contributed by atoms with Crippen LogP contribution in [0.25, 0.3) is 0 Å². The predicted molar refractivity (Wildman–Crippen MR) is 163 cm³/mol. The van der Waals surface area contributed by atoms with Gasteiger partial charge in [0.25, 0.3) is 0 Å². The Hall–Kier alpha value is -1.17. The molecule has 2 N–H and O–H groups in total. The van der Waals surface area contributed by atoms with Crippen LogP contribution in [0.4, 0.5) is 0 Å². The van der Waals surface area contributed by atoms with Gasteiger partial charge in [-0.2, -0.15) is 0 Å². The summed E-state index contributed by atoms with van der Waals surface area (Å²) in [6.07, 6.45) is 22.2. The summed E-state index contributed by atoms with van der Waals surface area (Å²) in [7, 11) is 0. The van der Waals surface area contributed by atoms with Crippen LogP contribution in [0, 0.1) is 21.7 Å². The van der Waals surface area contributed by atoms with Gasteiger partial charge < -0.3 is 10.2 Å². The van der Waals surface area contributed by atoms with Gasteiger partial charge in [0.15, 0.2) is 0 Å². The van der Waals surface area contributed by atoms with Gasteiger partial charge in [-0.3, -0.25) is 4.79 Å². The maximum atomic E-state index is 11.4. The number of carbonyl (C=O) groups is 1. The Morgan fingerprint density at radius 2 is 1.22 bits per heavy atom. The molecule has 0 saturated heterocycles. The lowest BCUT2D eigenvalue weighted by atomic mass is 9.87. The minimum atomic E-state index is -0.711. The molecular weight excluding hydrogens is 496 g/mol. The van der Waals surface area contributed by atoms with E-state index in [1.165, 1.54) is 19.6 Å². The quantitative estimate of drug-likeness (QED) is 0.212. The van der Waals surface area contributed by atoms with Crippen LogP contribution in [-0.4, -0.2) is 22.8 Å². The van der Waals surface area contributed by atoms with Crippen LogP contribution in [0.15, 0.2) is 56.1 Å². The second-order valence-electron chi connectivity index (χ2n) is 13.4. The number of aliphatic hydroxyl groups excluding tert-OH is 1. The van der Waals surface area contributed by atoms with Crippen LogP contribution in [0.3, 0.4) is 0 Å². The van der Waals surface area contributed by atoms with E-state index in [0.29, 0.717) is 6.42 Å². The number of carboxylic acid groups (broad SMARTS) is 1. The Labute approximate surface area is 235 Å². The van der Waals surface area contributed by atoms with Crippen molar-refractivity contribution in [3.63, 3.8) is 0 Å². The first kappa shape index (κ1) is 32.0. The highest BCUT2D eigenvalue weighted by Crippen LogP contribution is 2.44. The van der Waals surface area contributed by atoms with E-state index in [-0.39, 0.29) is 22.9 Å². The molecule has 0 bridgehead atoms. The van der Waals surface area contributed by atoms with Gasteiger partial charge in [-0.05, 0) is 79.7 Å². The molecule has 0 unspecified atom stereocenters. The number of aliphatic carboxylic acids is 1. The molecule has 0 aromatic carbocycles. The van der Waals surface area contributed by atoms with Crippen LogP contribution < -0.4 is 0 Å². The Morgan fingerprint density at radius 1 is 0.784 bits per heavy atom. The molecule has 0 spiro atoms. The second kappa shape index (κ2) is 13.3. The Bertz CT molecular complexity index is 959. The summed E-state index contributed by atoms with van der Waals surface area (Å²) in [5, 5.41) is 18.9. The molecule has 0 aromatic rings. The zero-order valence-corrected chi connectivity index (χ0v) is 26.1. The van der Waals surface area contributed by atoms with E-state index in [1.54, 1.807) is 0 Å². The molecule has 0 amide bonds. The number of rotatable bonds is 14. The molecule has 2 aliphatic heterocycles. The second-order valence-corrected chi connectivity index (χ2v) is 15.8. The van der Waals surface area contributed by atoms with Crippen molar-refractivity contribution < 1.29 is 15.0 Å². The third-order valence-electron chi connectivity index (χ3n) is 7.01. The minimum absolute atomic E-state index is 0.0152. The summed E-state index contributed by atoms with van der Waals surface area (Å²) in [6.45, 7) is 17.2. The van der Waals surface area contributed by atoms with Gasteiger partial charge in [-0.15, -0.1) is 0 Å². The highest BCUT2D eigenvalue weighted by atomic mass is 32.2. The molecule has 0 radical (unpaired) electrons. The maximum Gasteiger partial charge on any atom is 0.309 e. The van der Waals surface area contributed by atoms with Crippen molar-refractivity contribution in [3.8, 4) is 0 Å². The number of carboxylic acids is 1. The zero-order valence-electron chi connectivity index (χ0n) is 24.4. The number of thioether (sulfide) groups is 2. The maximum absolute atomic E-state index is 11.4. The Morgan fingerprint density at radius 3 is 1.62 bits per heavy atom. The van der Waals surface area contributed by atoms with E-state index in [4.69, 9.17) is 0 Å². The summed E-state index contributed by atoms with van der Waals surface area (Å²) in [5.74, 6) is -0.711. The van der Waals surface area contributed by atoms with E-state index in [1.807, 2.05) is 37.4 Å². The molecule has 0 fully saturated rings. The van der Waals surface area contributed by atoms with Crippen molar-refractivity contribution in [2.75, 3.05) is 6.61 Å². The van der Waals surface area contributed by atoms with E-state index >= 15 is 0 Å². The van der Waals surface area contributed by atoms with Crippen molar-refractivity contribution in [2.24, 2.45) is 21.7 Å². The average molecular weight is 547 g/mol. The van der Waals surface area contributed by atoms with Crippen LogP contribution in [0.1, 0.15) is 107 Å². The molecule has 0 saturated carbocycles. The number of allylic oxidation sites excluding steroid dienone is 8. The summed E-state index contributed by atoms with van der Waals surface area (Å²) < 4.78 is 0. The fraction of sp³-hybridized carbons (Fsp3) is 0.656. The molecule has 208 valence electrons. The Kier molecular flexibility index (Phi) is 11.5. The molecule has 2 heterocycles. The van der Waals surface area contributed by atoms with Gasteiger partial charge in [0.1, 0.15) is 0 Å². The summed E-state index contributed by atoms with van der Waals surface area (Å²) in [5.41, 5.74) is -0.569. The van der Waals surface area contributed by atoms with Crippen molar-refractivity contribution in [2.45, 2.75) is 107 Å². The standard InChI is InChI=1S/C32H50O3S2/c1-29(2,23-33)17-11-9-13-24-19-30(3,4)21-26(36-24)15-16-27-22-31(5,6)20-25(37-27)14-10-12-18-32(7,8)28(34)35/h15-16,19-22,33H,9-14,17-18,23H2,1-8H3,(H,34,35). The molecule has 37 heavy (non-hydrogen) atoms. The predicted octanol–water partition coefficient (Wildman–Crippen LogP) is 9.87. The number of unbranched alkanes of at least 4 members (excludes halogenated alkanes) is 2. The highest BCUT2D eigenvalue weighted by Gasteiger charge is 2.27. The normalized spacial score (nSPS) is 19.8. The molecule has 0 aromatic heterocycles. The van der Waals surface area contributed by atoms with Crippen molar-refractivity contribution in [3.05, 3.63) is 56.1 Å². The minimum Gasteiger partial charge on any atom is -0.481 e. The van der Waals surface area contributed by atoms with Gasteiger partial charge in [-0.25, -0.2) is 0 Å².